The van der Waals surface area contributed by atoms with E-state index in [1.807, 2.05) is 6.92 Å². The lowest BCUT2D eigenvalue weighted by atomic mass is 10.0. The summed E-state index contributed by atoms with van der Waals surface area (Å²) in [6.07, 6.45) is 4.79. The maximum Gasteiger partial charge on any atom is 0.204 e. The molecule has 2 N–H and O–H groups in total. The molecule has 2 rings (SSSR count). The fraction of sp³-hybridized carbons (Fsp3) is 0.692. The van der Waals surface area contributed by atoms with Crippen LogP contribution in [0.4, 0.5) is 11.6 Å². The van der Waals surface area contributed by atoms with Crippen LogP contribution in [0, 0.1) is 0 Å². The molecule has 2 heterocycles. The van der Waals surface area contributed by atoms with E-state index in [0.717, 1.165) is 38.2 Å². The normalized spacial score (nSPS) is 19.3. The van der Waals surface area contributed by atoms with Crippen molar-refractivity contribution >= 4 is 11.6 Å². The van der Waals surface area contributed by atoms with Crippen LogP contribution in [0.15, 0.2) is 6.33 Å². The maximum absolute atomic E-state index is 9.52. The molecule has 0 aliphatic carbocycles. The molecule has 1 aliphatic heterocycles. The number of hydrogen-bond acceptors (Lipinski definition) is 6. The molecule has 6 heteroatoms. The number of hydrogen-bond donors (Lipinski definition) is 2. The molecule has 1 aromatic rings. The Hall–Kier alpha value is -1.56. The Morgan fingerprint density at radius 3 is 3.00 bits per heavy atom. The highest BCUT2D eigenvalue weighted by atomic mass is 16.5. The molecule has 1 atom stereocenters. The van der Waals surface area contributed by atoms with Crippen molar-refractivity contribution < 1.29 is 9.84 Å². The van der Waals surface area contributed by atoms with Gasteiger partial charge in [0.15, 0.2) is 11.6 Å². The summed E-state index contributed by atoms with van der Waals surface area (Å²) in [5, 5.41) is 12.7. The zero-order valence-electron chi connectivity index (χ0n) is 11.6. The van der Waals surface area contributed by atoms with Gasteiger partial charge in [-0.25, -0.2) is 9.97 Å². The Morgan fingerprint density at radius 2 is 2.32 bits per heavy atom. The van der Waals surface area contributed by atoms with Crippen molar-refractivity contribution in [2.24, 2.45) is 0 Å². The van der Waals surface area contributed by atoms with Gasteiger partial charge in [-0.05, 0) is 26.2 Å². The third-order valence-electron chi connectivity index (χ3n) is 3.44. The molecule has 0 saturated carbocycles. The number of nitrogens with zero attached hydrogens (tertiary/aromatic N) is 3. The second-order valence-electron chi connectivity index (χ2n) is 4.64. The van der Waals surface area contributed by atoms with Gasteiger partial charge in [-0.1, -0.05) is 0 Å². The van der Waals surface area contributed by atoms with E-state index in [0.29, 0.717) is 11.6 Å². The summed E-state index contributed by atoms with van der Waals surface area (Å²) in [5.41, 5.74) is 0. The minimum atomic E-state index is 0.118. The van der Waals surface area contributed by atoms with Gasteiger partial charge in [0.05, 0.1) is 19.8 Å². The van der Waals surface area contributed by atoms with E-state index in [1.165, 1.54) is 0 Å². The van der Waals surface area contributed by atoms with Gasteiger partial charge in [0.25, 0.3) is 0 Å². The number of methoxy groups -OCH3 is 1. The van der Waals surface area contributed by atoms with Gasteiger partial charge in [0.2, 0.25) is 5.75 Å². The summed E-state index contributed by atoms with van der Waals surface area (Å²) in [5.74, 6) is 2.13. The molecule has 19 heavy (non-hydrogen) atoms. The molecule has 1 aromatic heterocycles. The smallest absolute Gasteiger partial charge is 0.204 e. The summed E-state index contributed by atoms with van der Waals surface area (Å²) in [4.78, 5) is 10.7. The molecule has 0 spiro atoms. The molecule has 106 valence electrons. The molecule has 1 fully saturated rings. The summed E-state index contributed by atoms with van der Waals surface area (Å²) in [6, 6.07) is 0.118. The zero-order valence-corrected chi connectivity index (χ0v) is 11.6. The average molecular weight is 266 g/mol. The third-order valence-corrected chi connectivity index (χ3v) is 3.44. The summed E-state index contributed by atoms with van der Waals surface area (Å²) in [7, 11) is 1.63. The number of rotatable bonds is 5. The van der Waals surface area contributed by atoms with Crippen LogP contribution in [0.2, 0.25) is 0 Å². The van der Waals surface area contributed by atoms with E-state index < -0.39 is 0 Å². The van der Waals surface area contributed by atoms with Crippen LogP contribution in [0.1, 0.15) is 26.2 Å². The largest absolute Gasteiger partial charge is 0.490 e. The van der Waals surface area contributed by atoms with Crippen LogP contribution in [-0.2, 0) is 0 Å². The number of piperidine rings is 1. The lowest BCUT2D eigenvalue weighted by molar-refractivity contribution is 0.238. The minimum Gasteiger partial charge on any atom is -0.490 e. The average Bonchev–Trinajstić information content (AvgIpc) is 2.47. The SMILES string of the molecule is CCNc1ncnc(N2CCCCC2CO)c1OC. The molecule has 1 unspecified atom stereocenters. The Kier molecular flexibility index (Phi) is 4.79. The van der Waals surface area contributed by atoms with E-state index in [9.17, 15) is 5.11 Å². The van der Waals surface area contributed by atoms with Crippen LogP contribution < -0.4 is 15.0 Å². The van der Waals surface area contributed by atoms with Crippen LogP contribution in [-0.4, -0.2) is 47.9 Å². The summed E-state index contributed by atoms with van der Waals surface area (Å²) >= 11 is 0. The van der Waals surface area contributed by atoms with Gasteiger partial charge in [-0.15, -0.1) is 0 Å². The predicted octanol–water partition coefficient (Wildman–Crippen LogP) is 1.27. The van der Waals surface area contributed by atoms with Crippen molar-refractivity contribution in [2.75, 3.05) is 37.0 Å². The first-order valence-electron chi connectivity index (χ1n) is 6.82. The third kappa shape index (κ3) is 2.89. The van der Waals surface area contributed by atoms with Crippen LogP contribution >= 0.6 is 0 Å². The van der Waals surface area contributed by atoms with Crippen molar-refractivity contribution in [3.63, 3.8) is 0 Å². The first kappa shape index (κ1) is 13.9. The molecular formula is C13H22N4O2. The predicted molar refractivity (Wildman–Crippen MR) is 74.8 cm³/mol. The van der Waals surface area contributed by atoms with Gasteiger partial charge < -0.3 is 20.1 Å². The lowest BCUT2D eigenvalue weighted by Crippen LogP contribution is -2.42. The lowest BCUT2D eigenvalue weighted by Gasteiger charge is -2.36. The topological polar surface area (TPSA) is 70.5 Å². The van der Waals surface area contributed by atoms with Crippen molar-refractivity contribution in [1.29, 1.82) is 0 Å². The molecule has 6 nitrogen and oxygen atoms in total. The fourth-order valence-electron chi connectivity index (χ4n) is 2.52. The second kappa shape index (κ2) is 6.56. The highest BCUT2D eigenvalue weighted by molar-refractivity contribution is 5.65. The zero-order chi connectivity index (χ0) is 13.7. The highest BCUT2D eigenvalue weighted by Crippen LogP contribution is 2.35. The number of anilines is 2. The van der Waals surface area contributed by atoms with Gasteiger partial charge in [-0.2, -0.15) is 0 Å². The van der Waals surface area contributed by atoms with Crippen molar-refractivity contribution in [1.82, 2.24) is 9.97 Å². The Labute approximate surface area is 113 Å². The van der Waals surface area contributed by atoms with Crippen molar-refractivity contribution in [3.05, 3.63) is 6.33 Å². The minimum absolute atomic E-state index is 0.118. The van der Waals surface area contributed by atoms with E-state index in [-0.39, 0.29) is 12.6 Å². The van der Waals surface area contributed by atoms with E-state index >= 15 is 0 Å². The quantitative estimate of drug-likeness (QED) is 0.836. The summed E-state index contributed by atoms with van der Waals surface area (Å²) < 4.78 is 5.46. The first-order valence-corrected chi connectivity index (χ1v) is 6.82. The van der Waals surface area contributed by atoms with Crippen LogP contribution in [0.25, 0.3) is 0 Å². The second-order valence-corrected chi connectivity index (χ2v) is 4.64. The number of aliphatic hydroxyl groups is 1. The molecule has 0 aromatic carbocycles. The molecule has 0 bridgehead atoms. The molecule has 1 saturated heterocycles. The van der Waals surface area contributed by atoms with Crippen molar-refractivity contribution in [3.8, 4) is 5.75 Å². The van der Waals surface area contributed by atoms with Gasteiger partial charge in [-0.3, -0.25) is 0 Å². The number of nitrogens with one attached hydrogen (secondary N) is 1. The van der Waals surface area contributed by atoms with Gasteiger partial charge >= 0.3 is 0 Å². The van der Waals surface area contributed by atoms with Crippen LogP contribution in [0.3, 0.4) is 0 Å². The van der Waals surface area contributed by atoms with E-state index in [1.54, 1.807) is 13.4 Å². The fourth-order valence-corrected chi connectivity index (χ4v) is 2.52. The Bertz CT molecular complexity index is 414. The maximum atomic E-state index is 9.52. The van der Waals surface area contributed by atoms with Gasteiger partial charge in [0, 0.05) is 13.1 Å². The molecular weight excluding hydrogens is 244 g/mol. The Morgan fingerprint density at radius 1 is 1.47 bits per heavy atom. The molecule has 1 aliphatic rings. The summed E-state index contributed by atoms with van der Waals surface area (Å²) in [6.45, 7) is 3.82. The molecule has 0 radical (unpaired) electrons. The number of ether oxygens (including phenoxy) is 1. The molecule has 0 amide bonds. The highest BCUT2D eigenvalue weighted by Gasteiger charge is 2.26. The van der Waals surface area contributed by atoms with E-state index in [2.05, 4.69) is 20.2 Å². The van der Waals surface area contributed by atoms with Crippen LogP contribution in [0.5, 0.6) is 5.75 Å². The number of aromatic nitrogens is 2. The van der Waals surface area contributed by atoms with E-state index in [4.69, 9.17) is 4.74 Å². The number of aliphatic hydroxyl groups excluding tert-OH is 1. The first-order chi connectivity index (χ1) is 9.31. The monoisotopic (exact) mass is 266 g/mol. The van der Waals surface area contributed by atoms with Gasteiger partial charge in [0.1, 0.15) is 6.33 Å². The van der Waals surface area contributed by atoms with Crippen molar-refractivity contribution in [2.45, 2.75) is 32.2 Å². The Balaban J connectivity index is 2.34. The standard InChI is InChI=1S/C13H22N4O2/c1-3-14-12-11(19-2)13(16-9-15-12)17-7-5-4-6-10(17)8-18/h9-10,18H,3-8H2,1-2H3,(H,14,15,16).